The summed E-state index contributed by atoms with van der Waals surface area (Å²) < 4.78 is 6.69. The zero-order valence-electron chi connectivity index (χ0n) is 9.40. The van der Waals surface area contributed by atoms with Crippen LogP contribution in [-0.4, -0.2) is 22.0 Å². The lowest BCUT2D eigenvalue weighted by Crippen LogP contribution is -2.18. The van der Waals surface area contributed by atoms with E-state index in [1.165, 1.54) is 0 Å². The molecule has 0 saturated carbocycles. The molecule has 0 saturated heterocycles. The average Bonchev–Trinajstić information content (AvgIpc) is 2.43. The van der Waals surface area contributed by atoms with Crippen LogP contribution in [0.3, 0.4) is 0 Å². The predicted octanol–water partition coefficient (Wildman–Crippen LogP) is 1.51. The SMILES string of the molecule is COc1cc(C(O)C(C)(C)C)nn1C. The highest BCUT2D eigenvalue weighted by atomic mass is 16.5. The Labute approximate surface area is 84.5 Å². The number of ether oxygens (including phenoxy) is 1. The number of aromatic nitrogens is 2. The molecule has 0 radical (unpaired) electrons. The van der Waals surface area contributed by atoms with Crippen LogP contribution in [0, 0.1) is 5.41 Å². The Morgan fingerprint density at radius 1 is 1.50 bits per heavy atom. The highest BCUT2D eigenvalue weighted by Gasteiger charge is 2.26. The molecule has 0 fully saturated rings. The second kappa shape index (κ2) is 3.61. The van der Waals surface area contributed by atoms with Crippen LogP contribution < -0.4 is 4.74 Å². The molecule has 0 aliphatic carbocycles. The first-order valence-corrected chi connectivity index (χ1v) is 4.62. The third-order valence-electron chi connectivity index (χ3n) is 2.17. The minimum absolute atomic E-state index is 0.209. The van der Waals surface area contributed by atoms with Crippen LogP contribution in [0.25, 0.3) is 0 Å². The smallest absolute Gasteiger partial charge is 0.211 e. The van der Waals surface area contributed by atoms with Gasteiger partial charge in [0, 0.05) is 13.1 Å². The molecule has 1 aromatic heterocycles. The molecule has 1 atom stereocenters. The van der Waals surface area contributed by atoms with Crippen molar-refractivity contribution in [3.05, 3.63) is 11.8 Å². The van der Waals surface area contributed by atoms with Gasteiger partial charge < -0.3 is 9.84 Å². The van der Waals surface area contributed by atoms with Crippen molar-refractivity contribution in [1.29, 1.82) is 0 Å². The molecule has 1 aromatic rings. The van der Waals surface area contributed by atoms with Crippen LogP contribution in [0.2, 0.25) is 0 Å². The van der Waals surface area contributed by atoms with Gasteiger partial charge in [0.05, 0.1) is 12.8 Å². The summed E-state index contributed by atoms with van der Waals surface area (Å²) in [6.07, 6.45) is -0.572. The largest absolute Gasteiger partial charge is 0.481 e. The minimum Gasteiger partial charge on any atom is -0.481 e. The number of aliphatic hydroxyl groups excluding tert-OH is 1. The van der Waals surface area contributed by atoms with Crippen LogP contribution in [0.4, 0.5) is 0 Å². The van der Waals surface area contributed by atoms with E-state index in [0.29, 0.717) is 11.6 Å². The molecular weight excluding hydrogens is 180 g/mol. The van der Waals surface area contributed by atoms with Crippen LogP contribution >= 0.6 is 0 Å². The molecule has 1 unspecified atom stereocenters. The zero-order valence-corrected chi connectivity index (χ0v) is 9.40. The third-order valence-corrected chi connectivity index (χ3v) is 2.17. The van der Waals surface area contributed by atoms with Crippen molar-refractivity contribution in [2.45, 2.75) is 26.9 Å². The van der Waals surface area contributed by atoms with Gasteiger partial charge in [-0.1, -0.05) is 20.8 Å². The Morgan fingerprint density at radius 3 is 2.43 bits per heavy atom. The van der Waals surface area contributed by atoms with Crippen molar-refractivity contribution in [3.63, 3.8) is 0 Å². The molecule has 0 amide bonds. The van der Waals surface area contributed by atoms with Gasteiger partial charge in [0.2, 0.25) is 5.88 Å². The molecule has 0 aromatic carbocycles. The number of aryl methyl sites for hydroxylation is 1. The second-order valence-corrected chi connectivity index (χ2v) is 4.50. The maximum Gasteiger partial charge on any atom is 0.211 e. The van der Waals surface area contributed by atoms with E-state index in [-0.39, 0.29) is 5.41 Å². The summed E-state index contributed by atoms with van der Waals surface area (Å²) in [4.78, 5) is 0. The fourth-order valence-corrected chi connectivity index (χ4v) is 1.24. The first-order chi connectivity index (χ1) is 6.36. The molecule has 0 aliphatic rings. The Bertz CT molecular complexity index is 312. The van der Waals surface area contributed by atoms with Crippen molar-refractivity contribution >= 4 is 0 Å². The van der Waals surface area contributed by atoms with Gasteiger partial charge in [0.1, 0.15) is 6.10 Å². The van der Waals surface area contributed by atoms with Crippen molar-refractivity contribution in [1.82, 2.24) is 9.78 Å². The molecule has 14 heavy (non-hydrogen) atoms. The zero-order chi connectivity index (χ0) is 10.9. The standard InChI is InChI=1S/C10H18N2O2/c1-10(2,3)9(13)7-6-8(14-5)12(4)11-7/h6,9,13H,1-5H3. The van der Waals surface area contributed by atoms with Crippen LogP contribution in [0.1, 0.15) is 32.6 Å². The minimum atomic E-state index is -0.572. The topological polar surface area (TPSA) is 47.3 Å². The van der Waals surface area contributed by atoms with E-state index in [0.717, 1.165) is 0 Å². The summed E-state index contributed by atoms with van der Waals surface area (Å²) in [6, 6.07) is 1.76. The van der Waals surface area contributed by atoms with E-state index in [2.05, 4.69) is 5.10 Å². The summed E-state index contributed by atoms with van der Waals surface area (Å²) in [5.41, 5.74) is 0.441. The highest BCUT2D eigenvalue weighted by Crippen LogP contribution is 2.32. The number of nitrogens with zero attached hydrogens (tertiary/aromatic N) is 2. The normalized spacial score (nSPS) is 14.1. The number of methoxy groups -OCH3 is 1. The number of hydrogen-bond acceptors (Lipinski definition) is 3. The molecule has 4 nitrogen and oxygen atoms in total. The maximum absolute atomic E-state index is 9.96. The second-order valence-electron chi connectivity index (χ2n) is 4.50. The number of aliphatic hydroxyl groups is 1. The molecular formula is C10H18N2O2. The fraction of sp³-hybridized carbons (Fsp3) is 0.700. The molecule has 1 heterocycles. The predicted molar refractivity (Wildman–Crippen MR) is 54.2 cm³/mol. The lowest BCUT2D eigenvalue weighted by molar-refractivity contribution is 0.0584. The van der Waals surface area contributed by atoms with Crippen LogP contribution in [0.5, 0.6) is 5.88 Å². The molecule has 80 valence electrons. The third kappa shape index (κ3) is 2.07. The van der Waals surface area contributed by atoms with Crippen molar-refractivity contribution in [2.75, 3.05) is 7.11 Å². The molecule has 1 N–H and O–H groups in total. The van der Waals surface area contributed by atoms with Gasteiger partial charge in [-0.2, -0.15) is 5.10 Å². The molecule has 0 bridgehead atoms. The van der Waals surface area contributed by atoms with Gasteiger partial charge in [0.15, 0.2) is 0 Å². The first kappa shape index (κ1) is 11.0. The van der Waals surface area contributed by atoms with Crippen molar-refractivity contribution in [2.24, 2.45) is 12.5 Å². The summed E-state index contributed by atoms with van der Waals surface area (Å²) in [5, 5.41) is 14.1. The fourth-order valence-electron chi connectivity index (χ4n) is 1.24. The van der Waals surface area contributed by atoms with Gasteiger partial charge in [-0.15, -0.1) is 0 Å². The lowest BCUT2D eigenvalue weighted by atomic mass is 9.87. The molecule has 0 aliphatic heterocycles. The lowest BCUT2D eigenvalue weighted by Gasteiger charge is -2.23. The summed E-state index contributed by atoms with van der Waals surface area (Å²) in [5.74, 6) is 0.656. The summed E-state index contributed by atoms with van der Waals surface area (Å²) >= 11 is 0. The maximum atomic E-state index is 9.96. The highest BCUT2D eigenvalue weighted by molar-refractivity contribution is 5.18. The van der Waals surface area contributed by atoms with Crippen molar-refractivity contribution in [3.8, 4) is 5.88 Å². The van der Waals surface area contributed by atoms with E-state index in [4.69, 9.17) is 4.74 Å². The van der Waals surface area contributed by atoms with Gasteiger partial charge in [-0.05, 0) is 5.41 Å². The summed E-state index contributed by atoms with van der Waals surface area (Å²) in [6.45, 7) is 5.91. The van der Waals surface area contributed by atoms with E-state index in [1.807, 2.05) is 20.8 Å². The monoisotopic (exact) mass is 198 g/mol. The summed E-state index contributed by atoms with van der Waals surface area (Å²) in [7, 11) is 3.38. The van der Waals surface area contributed by atoms with E-state index in [1.54, 1.807) is 24.9 Å². The Balaban J connectivity index is 2.97. The van der Waals surface area contributed by atoms with E-state index < -0.39 is 6.10 Å². The molecule has 0 spiro atoms. The molecule has 1 rings (SSSR count). The van der Waals surface area contributed by atoms with Gasteiger partial charge in [-0.25, -0.2) is 4.68 Å². The van der Waals surface area contributed by atoms with Crippen molar-refractivity contribution < 1.29 is 9.84 Å². The van der Waals surface area contributed by atoms with Gasteiger partial charge in [-0.3, -0.25) is 0 Å². The Morgan fingerprint density at radius 2 is 2.07 bits per heavy atom. The number of rotatable bonds is 2. The van der Waals surface area contributed by atoms with Crippen LogP contribution in [-0.2, 0) is 7.05 Å². The Hall–Kier alpha value is -1.03. The molecule has 4 heteroatoms. The number of hydrogen-bond donors (Lipinski definition) is 1. The van der Waals surface area contributed by atoms with Gasteiger partial charge in [0.25, 0.3) is 0 Å². The van der Waals surface area contributed by atoms with E-state index in [9.17, 15) is 5.11 Å². The quantitative estimate of drug-likeness (QED) is 0.783. The van der Waals surface area contributed by atoms with Gasteiger partial charge >= 0.3 is 0 Å². The van der Waals surface area contributed by atoms with E-state index >= 15 is 0 Å². The van der Waals surface area contributed by atoms with Crippen LogP contribution in [0.15, 0.2) is 6.07 Å². The first-order valence-electron chi connectivity index (χ1n) is 4.62. The Kier molecular flexibility index (Phi) is 2.85. The average molecular weight is 198 g/mol.